The van der Waals surface area contributed by atoms with Crippen LogP contribution in [0.15, 0.2) is 36.9 Å². The number of Topliss-reactive ketones (excluding diaryl/α,β-unsaturated/α-hetero) is 1. The molecule has 1 unspecified atom stereocenters. The average molecular weight is 380 g/mol. The maximum atomic E-state index is 13.4. The van der Waals surface area contributed by atoms with Crippen molar-refractivity contribution in [1.82, 2.24) is 14.8 Å². The minimum atomic E-state index is -1.32. The van der Waals surface area contributed by atoms with Gasteiger partial charge in [-0.3, -0.25) is 9.59 Å². The lowest BCUT2D eigenvalue weighted by Crippen LogP contribution is -2.45. The number of rotatable bonds is 9. The van der Waals surface area contributed by atoms with Crippen molar-refractivity contribution >= 4 is 23.4 Å². The van der Waals surface area contributed by atoms with Crippen molar-refractivity contribution in [1.29, 1.82) is 0 Å². The van der Waals surface area contributed by atoms with E-state index >= 15 is 0 Å². The minimum absolute atomic E-state index is 0.194. The molecule has 0 radical (unpaired) electrons. The summed E-state index contributed by atoms with van der Waals surface area (Å²) in [4.78, 5) is 29.8. The molecule has 0 spiro atoms. The van der Waals surface area contributed by atoms with Gasteiger partial charge < -0.3 is 9.47 Å². The molecular weight excluding hydrogens is 358 g/mol. The third-order valence-electron chi connectivity index (χ3n) is 4.31. The molecule has 0 bridgehead atoms. The Morgan fingerprint density at radius 3 is 2.35 bits per heavy atom. The average Bonchev–Trinajstić information content (AvgIpc) is 3.17. The van der Waals surface area contributed by atoms with E-state index in [0.717, 1.165) is 0 Å². The van der Waals surface area contributed by atoms with Crippen LogP contribution in [-0.4, -0.2) is 33.1 Å². The van der Waals surface area contributed by atoms with E-state index in [9.17, 15) is 9.59 Å². The van der Waals surface area contributed by atoms with Crippen LogP contribution in [0.5, 0.6) is 5.75 Å². The summed E-state index contributed by atoms with van der Waals surface area (Å²) in [5.41, 5.74) is -1.32. The topological polar surface area (TPSA) is 83.3 Å². The lowest BCUT2D eigenvalue weighted by molar-refractivity contribution is -0.165. The van der Waals surface area contributed by atoms with Crippen LogP contribution in [0.1, 0.15) is 39.8 Å². The molecule has 7 nitrogen and oxygen atoms in total. The van der Waals surface area contributed by atoms with Gasteiger partial charge >= 0.3 is 5.97 Å². The summed E-state index contributed by atoms with van der Waals surface area (Å²) in [5, 5.41) is 4.57. The van der Waals surface area contributed by atoms with Gasteiger partial charge in [-0.2, -0.15) is 5.10 Å². The number of aromatic nitrogens is 3. The molecule has 2 aromatic rings. The van der Waals surface area contributed by atoms with Gasteiger partial charge in [-0.15, -0.1) is 0 Å². The molecule has 0 aliphatic carbocycles. The highest BCUT2D eigenvalue weighted by atomic mass is 35.5. The molecule has 0 N–H and O–H groups in total. The van der Waals surface area contributed by atoms with E-state index in [4.69, 9.17) is 21.1 Å². The predicted molar refractivity (Wildman–Crippen MR) is 95.8 cm³/mol. The quantitative estimate of drug-likeness (QED) is 0.490. The number of esters is 1. The number of halogens is 1. The number of ketones is 1. The Balaban J connectivity index is 2.41. The van der Waals surface area contributed by atoms with Crippen molar-refractivity contribution in [2.45, 2.75) is 39.8 Å². The number of hydrogen-bond donors (Lipinski definition) is 0. The first-order valence-corrected chi connectivity index (χ1v) is 8.84. The Morgan fingerprint density at radius 2 is 1.85 bits per heavy atom. The van der Waals surface area contributed by atoms with Gasteiger partial charge in [-0.05, 0) is 44.0 Å². The summed E-state index contributed by atoms with van der Waals surface area (Å²) in [7, 11) is 0. The fourth-order valence-electron chi connectivity index (χ4n) is 2.70. The van der Waals surface area contributed by atoms with Gasteiger partial charge in [0, 0.05) is 5.02 Å². The van der Waals surface area contributed by atoms with Crippen molar-refractivity contribution in [3.63, 3.8) is 0 Å². The van der Waals surface area contributed by atoms with Crippen molar-refractivity contribution in [3.8, 4) is 5.75 Å². The van der Waals surface area contributed by atoms with Crippen LogP contribution in [0.2, 0.25) is 5.02 Å². The highest BCUT2D eigenvalue weighted by Gasteiger charge is 2.48. The molecule has 2 rings (SSSR count). The molecular formula is C18H22ClN3O4. The molecule has 26 heavy (non-hydrogen) atoms. The second-order valence-electron chi connectivity index (χ2n) is 5.67. The minimum Gasteiger partial charge on any atom is -0.465 e. The maximum absolute atomic E-state index is 13.4. The molecule has 140 valence electrons. The molecule has 1 aromatic carbocycles. The van der Waals surface area contributed by atoms with Crippen LogP contribution in [0, 0.1) is 5.41 Å². The zero-order valence-corrected chi connectivity index (χ0v) is 15.8. The first-order valence-electron chi connectivity index (χ1n) is 8.46. The molecule has 0 aliphatic heterocycles. The second kappa shape index (κ2) is 8.80. The summed E-state index contributed by atoms with van der Waals surface area (Å²) in [5.74, 6) is -0.561. The molecule has 0 fully saturated rings. The number of carbonyl (C=O) groups is 2. The van der Waals surface area contributed by atoms with E-state index < -0.39 is 23.4 Å². The van der Waals surface area contributed by atoms with E-state index in [0.29, 0.717) is 10.8 Å². The normalized spacial score (nSPS) is 12.5. The Hall–Kier alpha value is -2.41. The van der Waals surface area contributed by atoms with E-state index in [1.165, 1.54) is 17.3 Å². The zero-order chi connectivity index (χ0) is 19.2. The third-order valence-corrected chi connectivity index (χ3v) is 4.56. The number of ether oxygens (including phenoxy) is 2. The van der Waals surface area contributed by atoms with Crippen molar-refractivity contribution in [2.75, 3.05) is 6.61 Å². The number of nitrogens with zero attached hydrogens (tertiary/aromatic N) is 3. The molecule has 1 heterocycles. The largest absolute Gasteiger partial charge is 0.465 e. The summed E-state index contributed by atoms with van der Waals surface area (Å²) in [6.07, 6.45) is 2.10. The number of hydrogen-bond acceptors (Lipinski definition) is 6. The van der Waals surface area contributed by atoms with Crippen LogP contribution in [0.25, 0.3) is 0 Å². The standard InChI is InChI=1S/C18H22ClN3O4/c1-4-18(5-2,17(24)25-6-3)15(23)16(22-12-20-11-21-22)26-14-9-7-13(19)8-10-14/h7-12,16H,4-6H2,1-3H3. The van der Waals surface area contributed by atoms with Gasteiger partial charge in [-0.1, -0.05) is 25.4 Å². The van der Waals surface area contributed by atoms with Crippen LogP contribution in [-0.2, 0) is 14.3 Å². The molecule has 0 amide bonds. The zero-order valence-electron chi connectivity index (χ0n) is 15.0. The third kappa shape index (κ3) is 4.04. The second-order valence-corrected chi connectivity index (χ2v) is 6.11. The Labute approximate surface area is 157 Å². The van der Waals surface area contributed by atoms with Crippen molar-refractivity contribution in [3.05, 3.63) is 41.9 Å². The summed E-state index contributed by atoms with van der Waals surface area (Å²) in [6, 6.07) is 6.59. The van der Waals surface area contributed by atoms with Gasteiger partial charge in [0.2, 0.25) is 5.78 Å². The highest BCUT2D eigenvalue weighted by molar-refractivity contribution is 6.30. The molecule has 1 aromatic heterocycles. The Bertz CT molecular complexity index is 727. The van der Waals surface area contributed by atoms with E-state index in [1.54, 1.807) is 45.0 Å². The van der Waals surface area contributed by atoms with Gasteiger partial charge in [-0.25, -0.2) is 9.67 Å². The Kier molecular flexibility index (Phi) is 6.74. The maximum Gasteiger partial charge on any atom is 0.319 e. The van der Waals surface area contributed by atoms with Crippen LogP contribution in [0.3, 0.4) is 0 Å². The molecule has 0 saturated heterocycles. The van der Waals surface area contributed by atoms with Gasteiger partial charge in [0.25, 0.3) is 6.23 Å². The SMILES string of the molecule is CCOC(=O)C(CC)(CC)C(=O)C(Oc1ccc(Cl)cc1)n1cncn1. The smallest absolute Gasteiger partial charge is 0.319 e. The van der Waals surface area contributed by atoms with E-state index in [1.807, 2.05) is 0 Å². The predicted octanol–water partition coefficient (Wildman–Crippen LogP) is 3.45. The number of benzene rings is 1. The first kappa shape index (κ1) is 19.9. The monoisotopic (exact) mass is 379 g/mol. The van der Waals surface area contributed by atoms with Crippen molar-refractivity contribution < 1.29 is 19.1 Å². The van der Waals surface area contributed by atoms with E-state index in [-0.39, 0.29) is 19.4 Å². The Morgan fingerprint density at radius 1 is 1.19 bits per heavy atom. The van der Waals surface area contributed by atoms with Crippen molar-refractivity contribution in [2.24, 2.45) is 5.41 Å². The summed E-state index contributed by atoms with van der Waals surface area (Å²) < 4.78 is 12.3. The van der Waals surface area contributed by atoms with Crippen LogP contribution >= 0.6 is 11.6 Å². The van der Waals surface area contributed by atoms with Crippen LogP contribution in [0.4, 0.5) is 0 Å². The fraction of sp³-hybridized carbons (Fsp3) is 0.444. The lowest BCUT2D eigenvalue weighted by Gasteiger charge is -2.31. The fourth-order valence-corrected chi connectivity index (χ4v) is 2.83. The number of carbonyl (C=O) groups excluding carboxylic acids is 2. The lowest BCUT2D eigenvalue weighted by atomic mass is 9.77. The first-order chi connectivity index (χ1) is 12.5. The van der Waals surface area contributed by atoms with Gasteiger partial charge in [0.1, 0.15) is 23.8 Å². The molecule has 0 saturated carbocycles. The summed E-state index contributed by atoms with van der Waals surface area (Å²) in [6.45, 7) is 5.45. The van der Waals surface area contributed by atoms with Crippen LogP contribution < -0.4 is 4.74 Å². The van der Waals surface area contributed by atoms with Gasteiger partial charge in [0.05, 0.1) is 6.61 Å². The van der Waals surface area contributed by atoms with Gasteiger partial charge in [0.15, 0.2) is 0 Å². The van der Waals surface area contributed by atoms with E-state index in [2.05, 4.69) is 10.1 Å². The molecule has 1 atom stereocenters. The molecule has 0 aliphatic rings. The molecule has 8 heteroatoms. The summed E-state index contributed by atoms with van der Waals surface area (Å²) >= 11 is 5.89. The highest BCUT2D eigenvalue weighted by Crippen LogP contribution is 2.35.